The van der Waals surface area contributed by atoms with Gasteiger partial charge in [-0.05, 0) is 49.7 Å². The first-order chi connectivity index (χ1) is 10.2. The number of phenolic OH excluding ortho intramolecular Hbond substituents is 1. The quantitative estimate of drug-likeness (QED) is 0.742. The molecule has 0 bridgehead atoms. The van der Waals surface area contributed by atoms with E-state index in [-0.39, 0.29) is 6.04 Å². The van der Waals surface area contributed by atoms with Gasteiger partial charge in [-0.3, -0.25) is 0 Å². The number of benzene rings is 2. The Morgan fingerprint density at radius 2 is 1.86 bits per heavy atom. The standard InChI is InChI=1S/C18H19NO2/c1-13(18-12-15-4-2-3-5-17(15)21-18)19-11-10-14-6-8-16(20)9-7-14/h2-9,12-13,19-20H,10-11H2,1H3. The van der Waals surface area contributed by atoms with Crippen LogP contribution in [0.3, 0.4) is 0 Å². The van der Waals surface area contributed by atoms with Crippen LogP contribution in [0.4, 0.5) is 0 Å². The Hall–Kier alpha value is -2.26. The second-order valence-corrected chi connectivity index (χ2v) is 5.28. The van der Waals surface area contributed by atoms with Crippen molar-refractivity contribution < 1.29 is 9.52 Å². The van der Waals surface area contributed by atoms with Crippen LogP contribution in [0.25, 0.3) is 11.0 Å². The lowest BCUT2D eigenvalue weighted by Crippen LogP contribution is -2.20. The van der Waals surface area contributed by atoms with Gasteiger partial charge in [0.2, 0.25) is 0 Å². The van der Waals surface area contributed by atoms with Crippen LogP contribution in [-0.2, 0) is 6.42 Å². The van der Waals surface area contributed by atoms with Crippen LogP contribution in [-0.4, -0.2) is 11.7 Å². The van der Waals surface area contributed by atoms with Crippen LogP contribution in [0.15, 0.2) is 59.0 Å². The smallest absolute Gasteiger partial charge is 0.134 e. The number of hydrogen-bond donors (Lipinski definition) is 2. The summed E-state index contributed by atoms with van der Waals surface area (Å²) < 4.78 is 5.85. The molecule has 1 atom stereocenters. The van der Waals surface area contributed by atoms with Gasteiger partial charge >= 0.3 is 0 Å². The molecule has 0 spiro atoms. The summed E-state index contributed by atoms with van der Waals surface area (Å²) in [6.07, 6.45) is 0.921. The molecule has 1 unspecified atom stereocenters. The van der Waals surface area contributed by atoms with Crippen molar-refractivity contribution in [2.45, 2.75) is 19.4 Å². The molecule has 21 heavy (non-hydrogen) atoms. The summed E-state index contributed by atoms with van der Waals surface area (Å²) in [5.41, 5.74) is 2.14. The van der Waals surface area contributed by atoms with Crippen LogP contribution in [0, 0.1) is 0 Å². The van der Waals surface area contributed by atoms with Crippen molar-refractivity contribution in [1.29, 1.82) is 0 Å². The van der Waals surface area contributed by atoms with E-state index in [2.05, 4.69) is 24.4 Å². The van der Waals surface area contributed by atoms with Crippen molar-refractivity contribution >= 4 is 11.0 Å². The summed E-state index contributed by atoms with van der Waals surface area (Å²) in [5.74, 6) is 1.27. The first-order valence-electron chi connectivity index (χ1n) is 7.22. The van der Waals surface area contributed by atoms with Crippen molar-refractivity contribution in [1.82, 2.24) is 5.32 Å². The van der Waals surface area contributed by atoms with Crippen molar-refractivity contribution in [3.8, 4) is 5.75 Å². The van der Waals surface area contributed by atoms with Crippen LogP contribution < -0.4 is 5.32 Å². The first-order valence-corrected chi connectivity index (χ1v) is 7.22. The van der Waals surface area contributed by atoms with Gasteiger partial charge in [-0.25, -0.2) is 0 Å². The third kappa shape index (κ3) is 3.26. The molecule has 0 saturated carbocycles. The summed E-state index contributed by atoms with van der Waals surface area (Å²) in [5, 5.41) is 13.9. The Labute approximate surface area is 124 Å². The van der Waals surface area contributed by atoms with Gasteiger partial charge in [-0.1, -0.05) is 30.3 Å². The molecule has 3 heteroatoms. The minimum atomic E-state index is 0.175. The number of fused-ring (bicyclic) bond motifs is 1. The molecule has 0 aliphatic carbocycles. The van der Waals surface area contributed by atoms with Gasteiger partial charge in [0.1, 0.15) is 17.1 Å². The van der Waals surface area contributed by atoms with Crippen LogP contribution >= 0.6 is 0 Å². The van der Waals surface area contributed by atoms with Crippen LogP contribution in [0.2, 0.25) is 0 Å². The highest BCUT2D eigenvalue weighted by atomic mass is 16.3. The summed E-state index contributed by atoms with van der Waals surface area (Å²) >= 11 is 0. The summed E-state index contributed by atoms with van der Waals surface area (Å²) in [6.45, 7) is 2.97. The molecule has 0 aliphatic rings. The van der Waals surface area contributed by atoms with E-state index in [9.17, 15) is 5.11 Å². The molecule has 3 nitrogen and oxygen atoms in total. The predicted molar refractivity (Wildman–Crippen MR) is 84.4 cm³/mol. The highest BCUT2D eigenvalue weighted by Crippen LogP contribution is 2.23. The number of nitrogens with one attached hydrogen (secondary N) is 1. The van der Waals surface area contributed by atoms with E-state index >= 15 is 0 Å². The van der Waals surface area contributed by atoms with Crippen molar-refractivity contribution in [2.24, 2.45) is 0 Å². The molecule has 0 amide bonds. The lowest BCUT2D eigenvalue weighted by atomic mass is 10.1. The summed E-state index contributed by atoms with van der Waals surface area (Å²) in [6, 6.07) is 17.7. The second-order valence-electron chi connectivity index (χ2n) is 5.28. The molecule has 2 N–H and O–H groups in total. The van der Waals surface area contributed by atoms with Gasteiger partial charge in [0, 0.05) is 5.39 Å². The number of hydrogen-bond acceptors (Lipinski definition) is 3. The zero-order chi connectivity index (χ0) is 14.7. The maximum atomic E-state index is 9.26. The maximum absolute atomic E-state index is 9.26. The van der Waals surface area contributed by atoms with Gasteiger partial charge in [-0.15, -0.1) is 0 Å². The topological polar surface area (TPSA) is 45.4 Å². The summed E-state index contributed by atoms with van der Waals surface area (Å²) in [4.78, 5) is 0. The largest absolute Gasteiger partial charge is 0.508 e. The summed E-state index contributed by atoms with van der Waals surface area (Å²) in [7, 11) is 0. The van der Waals surface area contributed by atoms with E-state index in [0.717, 1.165) is 29.7 Å². The molecule has 2 aromatic carbocycles. The molecule has 3 rings (SSSR count). The third-order valence-electron chi connectivity index (χ3n) is 3.67. The Kier molecular flexibility index (Phi) is 3.93. The van der Waals surface area contributed by atoms with E-state index in [1.54, 1.807) is 12.1 Å². The molecule has 1 heterocycles. The molecule has 0 aliphatic heterocycles. The van der Waals surface area contributed by atoms with Gasteiger partial charge in [0.25, 0.3) is 0 Å². The fourth-order valence-corrected chi connectivity index (χ4v) is 2.41. The average Bonchev–Trinajstić information content (AvgIpc) is 2.93. The van der Waals surface area contributed by atoms with E-state index in [4.69, 9.17) is 4.42 Å². The molecule has 108 valence electrons. The fourth-order valence-electron chi connectivity index (χ4n) is 2.41. The van der Waals surface area contributed by atoms with E-state index in [1.807, 2.05) is 30.3 Å². The van der Waals surface area contributed by atoms with Crippen molar-refractivity contribution in [3.05, 3.63) is 65.9 Å². The normalized spacial score (nSPS) is 12.6. The molecular formula is C18H19NO2. The number of phenols is 1. The van der Waals surface area contributed by atoms with Crippen LogP contribution in [0.5, 0.6) is 5.75 Å². The van der Waals surface area contributed by atoms with Crippen LogP contribution in [0.1, 0.15) is 24.3 Å². The zero-order valence-electron chi connectivity index (χ0n) is 12.0. The van der Waals surface area contributed by atoms with Gasteiger partial charge < -0.3 is 14.8 Å². The molecule has 1 aromatic heterocycles. The second kappa shape index (κ2) is 6.02. The van der Waals surface area contributed by atoms with E-state index < -0.39 is 0 Å². The number of para-hydroxylation sites is 1. The molecular weight excluding hydrogens is 262 g/mol. The minimum Gasteiger partial charge on any atom is -0.508 e. The molecule has 0 fully saturated rings. The molecule has 3 aromatic rings. The Morgan fingerprint density at radius 1 is 1.10 bits per heavy atom. The lowest BCUT2D eigenvalue weighted by molar-refractivity contribution is 0.453. The minimum absolute atomic E-state index is 0.175. The highest BCUT2D eigenvalue weighted by Gasteiger charge is 2.10. The van der Waals surface area contributed by atoms with Gasteiger partial charge in [0.05, 0.1) is 6.04 Å². The van der Waals surface area contributed by atoms with Gasteiger partial charge in [0.15, 0.2) is 0 Å². The van der Waals surface area contributed by atoms with E-state index in [0.29, 0.717) is 5.75 Å². The Balaban J connectivity index is 1.58. The zero-order valence-corrected chi connectivity index (χ0v) is 12.0. The molecule has 0 saturated heterocycles. The number of aromatic hydroxyl groups is 1. The Morgan fingerprint density at radius 3 is 2.62 bits per heavy atom. The Bertz CT molecular complexity index is 682. The molecule has 0 radical (unpaired) electrons. The lowest BCUT2D eigenvalue weighted by Gasteiger charge is -2.11. The predicted octanol–water partition coefficient (Wildman–Crippen LogP) is 4.03. The third-order valence-corrected chi connectivity index (χ3v) is 3.67. The number of furan rings is 1. The van der Waals surface area contributed by atoms with E-state index in [1.165, 1.54) is 5.56 Å². The van der Waals surface area contributed by atoms with Crippen molar-refractivity contribution in [3.63, 3.8) is 0 Å². The highest BCUT2D eigenvalue weighted by molar-refractivity contribution is 5.77. The maximum Gasteiger partial charge on any atom is 0.134 e. The average molecular weight is 281 g/mol. The van der Waals surface area contributed by atoms with Crippen molar-refractivity contribution in [2.75, 3.05) is 6.54 Å². The first kappa shape index (κ1) is 13.7. The van der Waals surface area contributed by atoms with Gasteiger partial charge in [-0.2, -0.15) is 0 Å². The SMILES string of the molecule is CC(NCCc1ccc(O)cc1)c1cc2ccccc2o1. The fraction of sp³-hybridized carbons (Fsp3) is 0.222. The monoisotopic (exact) mass is 281 g/mol. The number of rotatable bonds is 5.